The first-order chi connectivity index (χ1) is 9.90. The first-order valence-corrected chi connectivity index (χ1v) is 7.21. The Kier molecular flexibility index (Phi) is 6.06. The van der Waals surface area contributed by atoms with Crippen LogP contribution in [0.5, 0.6) is 5.75 Å². The van der Waals surface area contributed by atoms with Crippen molar-refractivity contribution in [1.82, 2.24) is 10.3 Å². The maximum Gasteiger partial charge on any atom is 0.119 e. The molecule has 1 heterocycles. The Balaban J connectivity index is 1.62. The van der Waals surface area contributed by atoms with Crippen molar-refractivity contribution >= 4 is 0 Å². The van der Waals surface area contributed by atoms with Gasteiger partial charge in [-0.15, -0.1) is 0 Å². The summed E-state index contributed by atoms with van der Waals surface area (Å²) in [5.41, 5.74) is 2.47. The molecule has 20 heavy (non-hydrogen) atoms. The topological polar surface area (TPSA) is 34.2 Å². The zero-order valence-corrected chi connectivity index (χ0v) is 12.0. The van der Waals surface area contributed by atoms with Crippen LogP contribution in [0.4, 0.5) is 0 Å². The second-order valence-corrected chi connectivity index (χ2v) is 4.65. The predicted octanol–water partition coefficient (Wildman–Crippen LogP) is 3.20. The number of rotatable bonds is 8. The highest BCUT2D eigenvalue weighted by atomic mass is 16.5. The van der Waals surface area contributed by atoms with Crippen LogP contribution in [0.15, 0.2) is 48.7 Å². The van der Waals surface area contributed by atoms with Gasteiger partial charge in [-0.25, -0.2) is 0 Å². The van der Waals surface area contributed by atoms with Gasteiger partial charge in [0, 0.05) is 12.7 Å². The molecule has 0 aliphatic heterocycles. The summed E-state index contributed by atoms with van der Waals surface area (Å²) >= 11 is 0. The standard InChI is InChI=1S/C17H22N2O/c1-2-15-8-6-12-19-17(15)14-18-11-7-13-20-16-9-4-3-5-10-16/h3-6,8-10,12,18H,2,7,11,13-14H2,1H3. The van der Waals surface area contributed by atoms with Crippen molar-refractivity contribution in [3.63, 3.8) is 0 Å². The van der Waals surface area contributed by atoms with Crippen molar-refractivity contribution in [2.75, 3.05) is 13.2 Å². The van der Waals surface area contributed by atoms with Gasteiger partial charge in [0.05, 0.1) is 12.3 Å². The van der Waals surface area contributed by atoms with Crippen molar-refractivity contribution in [2.24, 2.45) is 0 Å². The Bertz CT molecular complexity index is 499. The lowest BCUT2D eigenvalue weighted by Crippen LogP contribution is -2.18. The first kappa shape index (κ1) is 14.5. The largest absolute Gasteiger partial charge is 0.494 e. The second-order valence-electron chi connectivity index (χ2n) is 4.65. The van der Waals surface area contributed by atoms with Gasteiger partial charge in [-0.05, 0) is 43.1 Å². The Morgan fingerprint density at radius 2 is 1.95 bits per heavy atom. The predicted molar refractivity (Wildman–Crippen MR) is 81.9 cm³/mol. The molecule has 0 saturated heterocycles. The molecule has 2 aromatic rings. The van der Waals surface area contributed by atoms with Gasteiger partial charge in [0.2, 0.25) is 0 Å². The lowest BCUT2D eigenvalue weighted by atomic mass is 10.1. The smallest absolute Gasteiger partial charge is 0.119 e. The molecule has 0 fully saturated rings. The van der Waals surface area contributed by atoms with Crippen molar-refractivity contribution in [3.05, 3.63) is 59.9 Å². The fraction of sp³-hybridized carbons (Fsp3) is 0.353. The molecular formula is C17H22N2O. The van der Waals surface area contributed by atoms with E-state index in [0.29, 0.717) is 0 Å². The number of hydrogen-bond acceptors (Lipinski definition) is 3. The number of benzene rings is 1. The average Bonchev–Trinajstić information content (AvgIpc) is 2.52. The van der Waals surface area contributed by atoms with Crippen LogP contribution in [-0.4, -0.2) is 18.1 Å². The SMILES string of the molecule is CCc1cccnc1CNCCCOc1ccccc1. The Hall–Kier alpha value is -1.87. The van der Waals surface area contributed by atoms with E-state index in [4.69, 9.17) is 4.74 Å². The van der Waals surface area contributed by atoms with Gasteiger partial charge in [0.15, 0.2) is 0 Å². The summed E-state index contributed by atoms with van der Waals surface area (Å²) in [6.07, 6.45) is 3.87. The Morgan fingerprint density at radius 1 is 1.10 bits per heavy atom. The molecule has 0 spiro atoms. The van der Waals surface area contributed by atoms with E-state index in [1.807, 2.05) is 42.6 Å². The highest BCUT2D eigenvalue weighted by molar-refractivity contribution is 5.21. The van der Waals surface area contributed by atoms with E-state index in [0.717, 1.165) is 44.0 Å². The molecule has 2 rings (SSSR count). The number of ether oxygens (including phenoxy) is 1. The summed E-state index contributed by atoms with van der Waals surface area (Å²) in [5.74, 6) is 0.936. The molecule has 0 unspecified atom stereocenters. The van der Waals surface area contributed by atoms with Gasteiger partial charge < -0.3 is 10.1 Å². The number of nitrogens with zero attached hydrogens (tertiary/aromatic N) is 1. The molecule has 3 heteroatoms. The molecule has 0 aliphatic carbocycles. The van der Waals surface area contributed by atoms with Gasteiger partial charge >= 0.3 is 0 Å². The monoisotopic (exact) mass is 270 g/mol. The summed E-state index contributed by atoms with van der Waals surface area (Å²) in [5, 5.41) is 3.42. The second kappa shape index (κ2) is 8.33. The minimum atomic E-state index is 0.736. The molecule has 0 amide bonds. The molecule has 0 atom stereocenters. The Morgan fingerprint density at radius 3 is 2.75 bits per heavy atom. The van der Waals surface area contributed by atoms with Crippen LogP contribution in [0.1, 0.15) is 24.6 Å². The van der Waals surface area contributed by atoms with Gasteiger partial charge in [-0.1, -0.05) is 31.2 Å². The zero-order valence-electron chi connectivity index (χ0n) is 12.0. The molecule has 1 aromatic heterocycles. The van der Waals surface area contributed by atoms with E-state index in [9.17, 15) is 0 Å². The van der Waals surface area contributed by atoms with E-state index < -0.39 is 0 Å². The molecule has 1 N–H and O–H groups in total. The van der Waals surface area contributed by atoms with Gasteiger partial charge in [-0.2, -0.15) is 0 Å². The minimum absolute atomic E-state index is 0.736. The van der Waals surface area contributed by atoms with Crippen LogP contribution in [0.25, 0.3) is 0 Å². The number of aryl methyl sites for hydroxylation is 1. The summed E-state index contributed by atoms with van der Waals surface area (Å²) in [6, 6.07) is 14.1. The summed E-state index contributed by atoms with van der Waals surface area (Å²) < 4.78 is 5.65. The highest BCUT2D eigenvalue weighted by Gasteiger charge is 2.00. The van der Waals surface area contributed by atoms with E-state index in [-0.39, 0.29) is 0 Å². The van der Waals surface area contributed by atoms with Gasteiger partial charge in [0.25, 0.3) is 0 Å². The third-order valence-electron chi connectivity index (χ3n) is 3.17. The normalized spacial score (nSPS) is 10.4. The number of aromatic nitrogens is 1. The minimum Gasteiger partial charge on any atom is -0.494 e. The number of para-hydroxylation sites is 1. The lowest BCUT2D eigenvalue weighted by Gasteiger charge is -2.09. The molecule has 0 radical (unpaired) electrons. The van der Waals surface area contributed by atoms with Crippen molar-refractivity contribution in [3.8, 4) is 5.75 Å². The van der Waals surface area contributed by atoms with Crippen LogP contribution in [-0.2, 0) is 13.0 Å². The number of pyridine rings is 1. The van der Waals surface area contributed by atoms with Crippen molar-refractivity contribution < 1.29 is 4.74 Å². The molecule has 0 aliphatic rings. The highest BCUT2D eigenvalue weighted by Crippen LogP contribution is 2.08. The maximum absolute atomic E-state index is 5.65. The summed E-state index contributed by atoms with van der Waals surface area (Å²) in [6.45, 7) is 4.66. The first-order valence-electron chi connectivity index (χ1n) is 7.21. The van der Waals surface area contributed by atoms with Gasteiger partial charge in [0.1, 0.15) is 5.75 Å². The zero-order chi connectivity index (χ0) is 14.0. The lowest BCUT2D eigenvalue weighted by molar-refractivity contribution is 0.308. The molecule has 0 bridgehead atoms. The Labute approximate surface area is 121 Å². The molecule has 106 valence electrons. The van der Waals surface area contributed by atoms with Crippen LogP contribution in [0.3, 0.4) is 0 Å². The van der Waals surface area contributed by atoms with Crippen molar-refractivity contribution in [1.29, 1.82) is 0 Å². The molecular weight excluding hydrogens is 248 g/mol. The molecule has 1 aromatic carbocycles. The van der Waals surface area contributed by atoms with E-state index >= 15 is 0 Å². The number of nitrogens with one attached hydrogen (secondary N) is 1. The quantitative estimate of drug-likeness (QED) is 0.748. The van der Waals surface area contributed by atoms with Crippen LogP contribution < -0.4 is 10.1 Å². The summed E-state index contributed by atoms with van der Waals surface area (Å²) in [7, 11) is 0. The third-order valence-corrected chi connectivity index (χ3v) is 3.17. The van der Waals surface area contributed by atoms with E-state index in [1.165, 1.54) is 5.56 Å². The average molecular weight is 270 g/mol. The fourth-order valence-corrected chi connectivity index (χ4v) is 2.06. The molecule has 0 saturated carbocycles. The van der Waals surface area contributed by atoms with E-state index in [2.05, 4.69) is 23.3 Å². The molecule has 3 nitrogen and oxygen atoms in total. The van der Waals surface area contributed by atoms with Crippen molar-refractivity contribution in [2.45, 2.75) is 26.3 Å². The van der Waals surface area contributed by atoms with Crippen LogP contribution >= 0.6 is 0 Å². The van der Waals surface area contributed by atoms with Crippen LogP contribution in [0.2, 0.25) is 0 Å². The summed E-state index contributed by atoms with van der Waals surface area (Å²) in [4.78, 5) is 4.42. The van der Waals surface area contributed by atoms with Gasteiger partial charge in [-0.3, -0.25) is 4.98 Å². The maximum atomic E-state index is 5.65. The van der Waals surface area contributed by atoms with Crippen LogP contribution in [0, 0.1) is 0 Å². The fourth-order valence-electron chi connectivity index (χ4n) is 2.06. The third kappa shape index (κ3) is 4.67. The van der Waals surface area contributed by atoms with E-state index in [1.54, 1.807) is 0 Å². The number of hydrogen-bond donors (Lipinski definition) is 1.